The first-order valence-electron chi connectivity index (χ1n) is 5.36. The van der Waals surface area contributed by atoms with Gasteiger partial charge in [-0.15, -0.1) is 0 Å². The summed E-state index contributed by atoms with van der Waals surface area (Å²) < 4.78 is 25.6. The minimum absolute atomic E-state index is 0.234. The Bertz CT molecular complexity index is 464. The van der Waals surface area contributed by atoms with Gasteiger partial charge in [0.1, 0.15) is 0 Å². The number of hydrogen-bond donors (Lipinski definition) is 1. The van der Waals surface area contributed by atoms with Crippen molar-refractivity contribution in [2.75, 3.05) is 18.4 Å². The number of carbonyl (C=O) groups excluding carboxylic acids is 1. The minimum atomic E-state index is -3.42. The smallest absolute Gasteiger partial charge is 0.243 e. The third kappa shape index (κ3) is 3.04. The van der Waals surface area contributed by atoms with Crippen LogP contribution in [0.4, 0.5) is 5.69 Å². The van der Waals surface area contributed by atoms with Crippen LogP contribution in [0.3, 0.4) is 0 Å². The van der Waals surface area contributed by atoms with Crippen LogP contribution in [0, 0.1) is 0 Å². The summed E-state index contributed by atoms with van der Waals surface area (Å²) in [6.07, 6.45) is 0.550. The predicted molar refractivity (Wildman–Crippen MR) is 66.2 cm³/mol. The molecule has 0 heterocycles. The first-order valence-corrected chi connectivity index (χ1v) is 6.80. The number of hydrogen-bond acceptors (Lipinski definition) is 3. The van der Waals surface area contributed by atoms with Gasteiger partial charge in [0.05, 0.1) is 4.90 Å². The van der Waals surface area contributed by atoms with E-state index in [1.54, 1.807) is 26.0 Å². The molecule has 0 atom stereocenters. The zero-order chi connectivity index (χ0) is 12.9. The van der Waals surface area contributed by atoms with Crippen LogP contribution in [0.1, 0.15) is 13.8 Å². The zero-order valence-electron chi connectivity index (χ0n) is 9.88. The molecule has 1 aromatic rings. The van der Waals surface area contributed by atoms with Gasteiger partial charge in [-0.25, -0.2) is 8.42 Å². The summed E-state index contributed by atoms with van der Waals surface area (Å²) in [7, 11) is -3.42. The lowest BCUT2D eigenvalue weighted by molar-refractivity contribution is -0.105. The molecule has 1 aromatic carbocycles. The van der Waals surface area contributed by atoms with Gasteiger partial charge in [-0.05, 0) is 24.3 Å². The van der Waals surface area contributed by atoms with Crippen molar-refractivity contribution in [3.8, 4) is 0 Å². The highest BCUT2D eigenvalue weighted by atomic mass is 32.2. The second-order valence-electron chi connectivity index (χ2n) is 3.38. The monoisotopic (exact) mass is 256 g/mol. The number of carbonyl (C=O) groups is 1. The van der Waals surface area contributed by atoms with Crippen LogP contribution in [0.5, 0.6) is 0 Å². The molecule has 17 heavy (non-hydrogen) atoms. The number of nitrogens with zero attached hydrogens (tertiary/aromatic N) is 1. The zero-order valence-corrected chi connectivity index (χ0v) is 10.7. The van der Waals surface area contributed by atoms with E-state index in [1.165, 1.54) is 16.4 Å². The second-order valence-corrected chi connectivity index (χ2v) is 5.31. The molecule has 0 saturated carbocycles. The quantitative estimate of drug-likeness (QED) is 0.780. The summed E-state index contributed by atoms with van der Waals surface area (Å²) in [6.45, 7) is 4.47. The molecule has 0 saturated heterocycles. The third-order valence-electron chi connectivity index (χ3n) is 2.42. The number of amides is 1. The van der Waals surface area contributed by atoms with Crippen LogP contribution < -0.4 is 5.32 Å². The fraction of sp³-hybridized carbons (Fsp3) is 0.364. The fourth-order valence-electron chi connectivity index (χ4n) is 1.50. The first-order chi connectivity index (χ1) is 8.06. The number of nitrogens with one attached hydrogen (secondary N) is 1. The molecule has 6 heteroatoms. The van der Waals surface area contributed by atoms with Gasteiger partial charge >= 0.3 is 0 Å². The fourth-order valence-corrected chi connectivity index (χ4v) is 2.96. The van der Waals surface area contributed by atoms with Crippen molar-refractivity contribution in [2.24, 2.45) is 0 Å². The lowest BCUT2D eigenvalue weighted by atomic mass is 10.3. The van der Waals surface area contributed by atoms with Gasteiger partial charge in [-0.1, -0.05) is 13.8 Å². The highest BCUT2D eigenvalue weighted by Gasteiger charge is 2.20. The molecule has 0 bridgehead atoms. The van der Waals surface area contributed by atoms with Crippen LogP contribution in [-0.4, -0.2) is 32.2 Å². The molecule has 0 unspecified atom stereocenters. The Morgan fingerprint density at radius 1 is 1.18 bits per heavy atom. The van der Waals surface area contributed by atoms with Gasteiger partial charge in [-0.2, -0.15) is 4.31 Å². The Balaban J connectivity index is 3.03. The molecule has 0 spiro atoms. The van der Waals surface area contributed by atoms with E-state index in [2.05, 4.69) is 5.32 Å². The molecular weight excluding hydrogens is 240 g/mol. The molecule has 0 aliphatic carbocycles. The summed E-state index contributed by atoms with van der Waals surface area (Å²) in [5.41, 5.74) is 0.568. The van der Waals surface area contributed by atoms with E-state index in [0.717, 1.165) is 0 Å². The third-order valence-corrected chi connectivity index (χ3v) is 4.49. The second kappa shape index (κ2) is 5.79. The van der Waals surface area contributed by atoms with Gasteiger partial charge in [0, 0.05) is 18.8 Å². The van der Waals surface area contributed by atoms with E-state index in [-0.39, 0.29) is 4.90 Å². The van der Waals surface area contributed by atoms with Crippen LogP contribution in [-0.2, 0) is 14.8 Å². The van der Waals surface area contributed by atoms with Crippen molar-refractivity contribution in [2.45, 2.75) is 18.7 Å². The molecule has 0 fully saturated rings. The standard InChI is InChI=1S/C11H16N2O3S/c1-3-13(4-2)17(15,16)11-7-5-10(6-8-11)12-9-14/h5-9H,3-4H2,1-2H3,(H,12,14). The van der Waals surface area contributed by atoms with E-state index in [9.17, 15) is 13.2 Å². The van der Waals surface area contributed by atoms with Gasteiger partial charge in [-0.3, -0.25) is 4.79 Å². The van der Waals surface area contributed by atoms with Crippen molar-refractivity contribution in [1.29, 1.82) is 0 Å². The Hall–Kier alpha value is -1.40. The van der Waals surface area contributed by atoms with Crippen molar-refractivity contribution < 1.29 is 13.2 Å². The van der Waals surface area contributed by atoms with Gasteiger partial charge in [0.25, 0.3) is 0 Å². The maximum absolute atomic E-state index is 12.1. The molecular formula is C11H16N2O3S. The molecule has 1 rings (SSSR count). The molecule has 0 aliphatic rings. The van der Waals surface area contributed by atoms with Crippen LogP contribution in [0.15, 0.2) is 29.2 Å². The average molecular weight is 256 g/mol. The molecule has 1 amide bonds. The maximum Gasteiger partial charge on any atom is 0.243 e. The summed E-state index contributed by atoms with van der Waals surface area (Å²) in [5, 5.41) is 2.45. The lowest BCUT2D eigenvalue weighted by Crippen LogP contribution is -2.30. The molecule has 1 N–H and O–H groups in total. The Morgan fingerprint density at radius 3 is 2.12 bits per heavy atom. The Labute approximate surface area is 101 Å². The molecule has 0 aliphatic heterocycles. The molecule has 0 radical (unpaired) electrons. The van der Waals surface area contributed by atoms with Crippen LogP contribution in [0.25, 0.3) is 0 Å². The van der Waals surface area contributed by atoms with Crippen LogP contribution >= 0.6 is 0 Å². The van der Waals surface area contributed by atoms with E-state index in [1.807, 2.05) is 0 Å². The van der Waals surface area contributed by atoms with Crippen molar-refractivity contribution in [3.05, 3.63) is 24.3 Å². The summed E-state index contributed by atoms with van der Waals surface area (Å²) in [5.74, 6) is 0. The topological polar surface area (TPSA) is 66.5 Å². The lowest BCUT2D eigenvalue weighted by Gasteiger charge is -2.18. The van der Waals surface area contributed by atoms with E-state index >= 15 is 0 Å². The van der Waals surface area contributed by atoms with Crippen molar-refractivity contribution in [3.63, 3.8) is 0 Å². The largest absolute Gasteiger partial charge is 0.329 e. The number of anilines is 1. The van der Waals surface area contributed by atoms with E-state index in [0.29, 0.717) is 25.2 Å². The van der Waals surface area contributed by atoms with Gasteiger partial charge in [0.2, 0.25) is 16.4 Å². The van der Waals surface area contributed by atoms with E-state index < -0.39 is 10.0 Å². The number of sulfonamides is 1. The molecule has 0 aromatic heterocycles. The van der Waals surface area contributed by atoms with Crippen LogP contribution in [0.2, 0.25) is 0 Å². The predicted octanol–water partition coefficient (Wildman–Crippen LogP) is 1.29. The van der Waals surface area contributed by atoms with Crippen molar-refractivity contribution >= 4 is 22.1 Å². The van der Waals surface area contributed by atoms with Gasteiger partial charge < -0.3 is 5.32 Å². The molecule has 94 valence electrons. The maximum atomic E-state index is 12.1. The minimum Gasteiger partial charge on any atom is -0.329 e. The molecule has 5 nitrogen and oxygen atoms in total. The first kappa shape index (κ1) is 13.7. The highest BCUT2D eigenvalue weighted by molar-refractivity contribution is 7.89. The average Bonchev–Trinajstić information content (AvgIpc) is 2.31. The van der Waals surface area contributed by atoms with Gasteiger partial charge in [0.15, 0.2) is 0 Å². The number of benzene rings is 1. The Morgan fingerprint density at radius 2 is 1.71 bits per heavy atom. The summed E-state index contributed by atoms with van der Waals surface area (Å²) >= 11 is 0. The van der Waals surface area contributed by atoms with Crippen molar-refractivity contribution in [1.82, 2.24) is 4.31 Å². The number of rotatable bonds is 6. The Kier molecular flexibility index (Phi) is 4.65. The summed E-state index contributed by atoms with van der Waals surface area (Å²) in [6, 6.07) is 6.09. The van der Waals surface area contributed by atoms with E-state index in [4.69, 9.17) is 0 Å². The highest BCUT2D eigenvalue weighted by Crippen LogP contribution is 2.17. The SMILES string of the molecule is CCN(CC)S(=O)(=O)c1ccc(NC=O)cc1. The summed E-state index contributed by atoms with van der Waals surface area (Å²) in [4.78, 5) is 10.5. The normalized spacial score (nSPS) is 11.5.